The molecule has 0 aromatic carbocycles. The Morgan fingerprint density at radius 1 is 1.69 bits per heavy atom. The van der Waals surface area contributed by atoms with Gasteiger partial charge in [0.1, 0.15) is 0 Å². The first-order valence-electron chi connectivity index (χ1n) is 4.41. The van der Waals surface area contributed by atoms with E-state index < -0.39 is 0 Å². The predicted molar refractivity (Wildman–Crippen MR) is 55.6 cm³/mol. The number of hydrogen-bond acceptors (Lipinski definition) is 4. The van der Waals surface area contributed by atoms with E-state index in [0.717, 1.165) is 13.0 Å². The first-order chi connectivity index (χ1) is 6.36. The molecule has 0 spiro atoms. The molecule has 74 valence electrons. The SMILES string of the molecule is CCOCC(Cc1ccsc1)NN. The van der Waals surface area contributed by atoms with Crippen molar-refractivity contribution in [3.05, 3.63) is 22.4 Å². The van der Waals surface area contributed by atoms with Crippen LogP contribution in [0.5, 0.6) is 0 Å². The first-order valence-corrected chi connectivity index (χ1v) is 5.36. The molecule has 4 heteroatoms. The second-order valence-electron chi connectivity index (χ2n) is 2.86. The lowest BCUT2D eigenvalue weighted by Crippen LogP contribution is -2.40. The van der Waals surface area contributed by atoms with E-state index in [4.69, 9.17) is 10.6 Å². The molecule has 1 aromatic heterocycles. The standard InChI is InChI=1S/C9H16N2OS/c1-2-12-6-9(11-10)5-8-3-4-13-7-8/h3-4,7,9,11H,2,5-6,10H2,1H3. The summed E-state index contributed by atoms with van der Waals surface area (Å²) in [5, 5.41) is 4.21. The van der Waals surface area contributed by atoms with E-state index in [1.54, 1.807) is 11.3 Å². The average Bonchev–Trinajstić information content (AvgIpc) is 2.64. The van der Waals surface area contributed by atoms with E-state index in [1.807, 2.05) is 6.92 Å². The Hall–Kier alpha value is -0.420. The molecule has 1 rings (SSSR count). The van der Waals surface area contributed by atoms with Crippen molar-refractivity contribution in [3.63, 3.8) is 0 Å². The van der Waals surface area contributed by atoms with E-state index >= 15 is 0 Å². The summed E-state index contributed by atoms with van der Waals surface area (Å²) in [7, 11) is 0. The minimum absolute atomic E-state index is 0.217. The molecule has 0 saturated carbocycles. The zero-order valence-electron chi connectivity index (χ0n) is 7.82. The van der Waals surface area contributed by atoms with Gasteiger partial charge < -0.3 is 4.74 Å². The average molecular weight is 200 g/mol. The summed E-state index contributed by atoms with van der Waals surface area (Å²) in [6.07, 6.45) is 0.931. The highest BCUT2D eigenvalue weighted by molar-refractivity contribution is 7.07. The highest BCUT2D eigenvalue weighted by Gasteiger charge is 2.07. The molecule has 1 aromatic rings. The maximum Gasteiger partial charge on any atom is 0.0636 e. The Labute approximate surface area is 82.9 Å². The Kier molecular flexibility index (Phi) is 5.00. The first kappa shape index (κ1) is 10.7. The van der Waals surface area contributed by atoms with Gasteiger partial charge in [-0.05, 0) is 35.7 Å². The van der Waals surface area contributed by atoms with Gasteiger partial charge in [-0.1, -0.05) is 0 Å². The molecular weight excluding hydrogens is 184 g/mol. The Morgan fingerprint density at radius 2 is 2.54 bits per heavy atom. The van der Waals surface area contributed by atoms with Crippen LogP contribution in [0, 0.1) is 0 Å². The lowest BCUT2D eigenvalue weighted by atomic mass is 10.1. The van der Waals surface area contributed by atoms with Crippen molar-refractivity contribution in [1.29, 1.82) is 0 Å². The van der Waals surface area contributed by atoms with Gasteiger partial charge >= 0.3 is 0 Å². The fourth-order valence-electron chi connectivity index (χ4n) is 1.12. The van der Waals surface area contributed by atoms with E-state index in [0.29, 0.717) is 6.61 Å². The molecule has 0 aliphatic heterocycles. The minimum Gasteiger partial charge on any atom is -0.380 e. The topological polar surface area (TPSA) is 47.3 Å². The molecule has 0 radical (unpaired) electrons. The van der Waals surface area contributed by atoms with Gasteiger partial charge in [0.15, 0.2) is 0 Å². The van der Waals surface area contributed by atoms with Gasteiger partial charge in [0.05, 0.1) is 6.61 Å². The fourth-order valence-corrected chi connectivity index (χ4v) is 1.80. The van der Waals surface area contributed by atoms with Crippen LogP contribution < -0.4 is 11.3 Å². The van der Waals surface area contributed by atoms with Gasteiger partial charge in [0.2, 0.25) is 0 Å². The molecule has 0 amide bonds. The molecular formula is C9H16N2OS. The smallest absolute Gasteiger partial charge is 0.0636 e. The molecule has 0 aliphatic rings. The number of hydrogen-bond donors (Lipinski definition) is 2. The quantitative estimate of drug-likeness (QED) is 0.535. The lowest BCUT2D eigenvalue weighted by molar-refractivity contribution is 0.123. The van der Waals surface area contributed by atoms with Crippen molar-refractivity contribution in [1.82, 2.24) is 5.43 Å². The zero-order chi connectivity index (χ0) is 9.52. The van der Waals surface area contributed by atoms with E-state index in [2.05, 4.69) is 22.3 Å². The molecule has 1 unspecified atom stereocenters. The van der Waals surface area contributed by atoms with Gasteiger partial charge in [-0.25, -0.2) is 0 Å². The second kappa shape index (κ2) is 6.10. The summed E-state index contributed by atoms with van der Waals surface area (Å²) in [5.41, 5.74) is 4.07. The van der Waals surface area contributed by atoms with Crippen molar-refractivity contribution < 1.29 is 4.74 Å². The molecule has 1 heterocycles. The second-order valence-corrected chi connectivity index (χ2v) is 3.64. The summed E-state index contributed by atoms with van der Waals surface area (Å²) in [5.74, 6) is 5.40. The summed E-state index contributed by atoms with van der Waals surface area (Å²) < 4.78 is 5.30. The summed E-state index contributed by atoms with van der Waals surface area (Å²) in [6.45, 7) is 3.39. The van der Waals surface area contributed by atoms with Gasteiger partial charge in [-0.15, -0.1) is 0 Å². The van der Waals surface area contributed by atoms with E-state index in [9.17, 15) is 0 Å². The summed E-state index contributed by atoms with van der Waals surface area (Å²) >= 11 is 1.71. The number of rotatable bonds is 6. The number of thiophene rings is 1. The van der Waals surface area contributed by atoms with Gasteiger partial charge in [0.25, 0.3) is 0 Å². The molecule has 3 N–H and O–H groups in total. The van der Waals surface area contributed by atoms with Crippen LogP contribution in [0.15, 0.2) is 16.8 Å². The fraction of sp³-hybridized carbons (Fsp3) is 0.556. The van der Waals surface area contributed by atoms with Crippen LogP contribution >= 0.6 is 11.3 Å². The maximum atomic E-state index is 5.40. The van der Waals surface area contributed by atoms with Crippen molar-refractivity contribution in [3.8, 4) is 0 Å². The molecule has 0 bridgehead atoms. The minimum atomic E-state index is 0.217. The molecule has 0 fully saturated rings. The van der Waals surface area contributed by atoms with Crippen LogP contribution in [0.3, 0.4) is 0 Å². The van der Waals surface area contributed by atoms with Crippen molar-refractivity contribution >= 4 is 11.3 Å². The Morgan fingerprint density at radius 3 is 3.08 bits per heavy atom. The monoisotopic (exact) mass is 200 g/mol. The lowest BCUT2D eigenvalue weighted by Gasteiger charge is -2.14. The molecule has 13 heavy (non-hydrogen) atoms. The van der Waals surface area contributed by atoms with Crippen LogP contribution in [0.1, 0.15) is 12.5 Å². The Balaban J connectivity index is 2.31. The Bertz CT molecular complexity index is 213. The van der Waals surface area contributed by atoms with Crippen molar-refractivity contribution in [2.75, 3.05) is 13.2 Å². The highest BCUT2D eigenvalue weighted by Crippen LogP contribution is 2.08. The van der Waals surface area contributed by atoms with Crippen LogP contribution in [0.25, 0.3) is 0 Å². The summed E-state index contributed by atoms with van der Waals surface area (Å²) in [4.78, 5) is 0. The zero-order valence-corrected chi connectivity index (χ0v) is 8.64. The molecule has 0 saturated heterocycles. The molecule has 3 nitrogen and oxygen atoms in total. The highest BCUT2D eigenvalue weighted by atomic mass is 32.1. The number of nitrogens with one attached hydrogen (secondary N) is 1. The van der Waals surface area contributed by atoms with Crippen molar-refractivity contribution in [2.24, 2.45) is 5.84 Å². The largest absolute Gasteiger partial charge is 0.380 e. The van der Waals surface area contributed by atoms with Gasteiger partial charge in [-0.3, -0.25) is 11.3 Å². The molecule has 0 aliphatic carbocycles. The maximum absolute atomic E-state index is 5.40. The van der Waals surface area contributed by atoms with Crippen LogP contribution in [-0.2, 0) is 11.2 Å². The predicted octanol–water partition coefficient (Wildman–Crippen LogP) is 1.16. The van der Waals surface area contributed by atoms with E-state index in [1.165, 1.54) is 5.56 Å². The third-order valence-corrected chi connectivity index (χ3v) is 2.55. The van der Waals surface area contributed by atoms with Crippen LogP contribution in [-0.4, -0.2) is 19.3 Å². The summed E-state index contributed by atoms with van der Waals surface area (Å²) in [6, 6.07) is 2.33. The third kappa shape index (κ3) is 3.87. The van der Waals surface area contributed by atoms with Gasteiger partial charge in [-0.2, -0.15) is 11.3 Å². The normalized spacial score (nSPS) is 13.1. The van der Waals surface area contributed by atoms with Crippen LogP contribution in [0.2, 0.25) is 0 Å². The van der Waals surface area contributed by atoms with Crippen LogP contribution in [0.4, 0.5) is 0 Å². The van der Waals surface area contributed by atoms with Crippen molar-refractivity contribution in [2.45, 2.75) is 19.4 Å². The number of hydrazine groups is 1. The number of ether oxygens (including phenoxy) is 1. The molecule has 1 atom stereocenters. The van der Waals surface area contributed by atoms with E-state index in [-0.39, 0.29) is 6.04 Å². The number of nitrogens with two attached hydrogens (primary N) is 1. The van der Waals surface area contributed by atoms with Gasteiger partial charge in [0, 0.05) is 12.6 Å². The third-order valence-electron chi connectivity index (χ3n) is 1.82.